The molecule has 0 unspecified atom stereocenters. The minimum atomic E-state index is -1.19. The highest BCUT2D eigenvalue weighted by molar-refractivity contribution is 5.93. The molecule has 7 nitrogen and oxygen atoms in total. The lowest BCUT2D eigenvalue weighted by Gasteiger charge is -2.13. The zero-order valence-electron chi connectivity index (χ0n) is 18.2. The van der Waals surface area contributed by atoms with Crippen LogP contribution in [0.15, 0.2) is 24.5 Å². The normalized spacial score (nSPS) is 23.5. The van der Waals surface area contributed by atoms with Crippen molar-refractivity contribution in [2.45, 2.75) is 96.2 Å². The first-order valence-electron chi connectivity index (χ1n) is 11.1. The maximum Gasteiger partial charge on any atom is 0.305 e. The van der Waals surface area contributed by atoms with Gasteiger partial charge in [0.05, 0.1) is 5.56 Å². The molecule has 168 valence electrons. The summed E-state index contributed by atoms with van der Waals surface area (Å²) in [5.41, 5.74) is 0.475. The largest absolute Gasteiger partial charge is 0.463 e. The van der Waals surface area contributed by atoms with Crippen molar-refractivity contribution in [1.29, 1.82) is 0 Å². The van der Waals surface area contributed by atoms with Gasteiger partial charge in [-0.15, -0.1) is 0 Å². The molecule has 0 amide bonds. The van der Waals surface area contributed by atoms with Gasteiger partial charge in [0.2, 0.25) is 0 Å². The number of Topliss-reactive ketones (excluding diaryl/α,β-unsaturated/α-hetero) is 1. The van der Waals surface area contributed by atoms with Crippen molar-refractivity contribution < 1.29 is 33.8 Å². The Balaban J connectivity index is 1.71. The smallest absolute Gasteiger partial charge is 0.305 e. The Morgan fingerprint density at radius 1 is 1.07 bits per heavy atom. The van der Waals surface area contributed by atoms with Gasteiger partial charge in [0.25, 0.3) is 6.23 Å². The van der Waals surface area contributed by atoms with E-state index < -0.39 is 24.5 Å². The lowest BCUT2D eigenvalue weighted by atomic mass is 10.1. The summed E-state index contributed by atoms with van der Waals surface area (Å²) in [5, 5.41) is 20.6. The molecule has 1 saturated heterocycles. The quantitative estimate of drug-likeness (QED) is 0.220. The number of rotatable bonds is 13. The van der Waals surface area contributed by atoms with Crippen LogP contribution < -0.4 is 4.57 Å². The fraction of sp³-hybridized carbons (Fsp3) is 0.696. The summed E-state index contributed by atoms with van der Waals surface area (Å²) in [7, 11) is 0. The molecule has 1 aliphatic rings. The second kappa shape index (κ2) is 12.8. The van der Waals surface area contributed by atoms with Gasteiger partial charge in [-0.1, -0.05) is 51.9 Å². The number of aliphatic hydroxyl groups excluding tert-OH is 2. The number of carbonyl (C=O) groups excluding carboxylic acids is 2. The number of pyridine rings is 1. The van der Waals surface area contributed by atoms with Crippen molar-refractivity contribution in [3.05, 3.63) is 30.1 Å². The van der Waals surface area contributed by atoms with Gasteiger partial charge >= 0.3 is 5.97 Å². The maximum absolute atomic E-state index is 12.0. The lowest BCUT2D eigenvalue weighted by Crippen LogP contribution is -2.46. The number of unbranched alkanes of at least 4 members (excludes halogenated alkanes) is 7. The highest BCUT2D eigenvalue weighted by Crippen LogP contribution is 2.26. The third kappa shape index (κ3) is 7.45. The molecule has 0 saturated carbocycles. The number of aliphatic hydroxyl groups is 2. The Bertz CT molecular complexity index is 679. The molecule has 2 heterocycles. The topological polar surface area (TPSA) is 96.9 Å². The Hall–Kier alpha value is -1.83. The SMILES string of the molecule is CCCCCCCCCCC(=O)OC[C@H]1O[C@@H]([n+]2cccc(C(C)=O)c2)[C@H](O)[C@@H]1O. The second-order valence-electron chi connectivity index (χ2n) is 8.05. The van der Waals surface area contributed by atoms with E-state index >= 15 is 0 Å². The summed E-state index contributed by atoms with van der Waals surface area (Å²) in [4.78, 5) is 23.5. The van der Waals surface area contributed by atoms with E-state index in [0.29, 0.717) is 12.0 Å². The molecule has 0 spiro atoms. The van der Waals surface area contributed by atoms with Gasteiger partial charge in [0.1, 0.15) is 18.8 Å². The summed E-state index contributed by atoms with van der Waals surface area (Å²) < 4.78 is 12.5. The number of ketones is 1. The summed E-state index contributed by atoms with van der Waals surface area (Å²) >= 11 is 0. The minimum absolute atomic E-state index is 0.108. The van der Waals surface area contributed by atoms with E-state index in [4.69, 9.17) is 9.47 Å². The Morgan fingerprint density at radius 2 is 1.73 bits per heavy atom. The van der Waals surface area contributed by atoms with Crippen molar-refractivity contribution in [1.82, 2.24) is 0 Å². The first-order valence-corrected chi connectivity index (χ1v) is 11.1. The number of nitrogens with zero attached hydrogens (tertiary/aromatic N) is 1. The van der Waals surface area contributed by atoms with E-state index in [9.17, 15) is 19.8 Å². The third-order valence-corrected chi connectivity index (χ3v) is 5.50. The number of hydrogen-bond acceptors (Lipinski definition) is 6. The van der Waals surface area contributed by atoms with Crippen molar-refractivity contribution in [2.75, 3.05) is 6.61 Å². The van der Waals surface area contributed by atoms with Gasteiger partial charge in [-0.2, -0.15) is 4.57 Å². The van der Waals surface area contributed by atoms with Crippen LogP contribution in [-0.2, 0) is 14.3 Å². The van der Waals surface area contributed by atoms with Gasteiger partial charge in [-0.3, -0.25) is 9.59 Å². The third-order valence-electron chi connectivity index (χ3n) is 5.50. The summed E-state index contributed by atoms with van der Waals surface area (Å²) in [5.74, 6) is -0.426. The molecule has 4 atom stereocenters. The fourth-order valence-electron chi connectivity index (χ4n) is 3.62. The summed E-state index contributed by atoms with van der Waals surface area (Å²) in [6.45, 7) is 3.54. The second-order valence-corrected chi connectivity index (χ2v) is 8.05. The van der Waals surface area contributed by atoms with Gasteiger partial charge in [0.15, 0.2) is 24.3 Å². The van der Waals surface area contributed by atoms with E-state index in [1.165, 1.54) is 39.0 Å². The van der Waals surface area contributed by atoms with E-state index in [2.05, 4.69) is 6.92 Å². The first kappa shape index (κ1) is 24.4. The average Bonchev–Trinajstić information content (AvgIpc) is 3.02. The average molecular weight is 423 g/mol. The molecule has 2 N–H and O–H groups in total. The van der Waals surface area contributed by atoms with Crippen LogP contribution in [0.2, 0.25) is 0 Å². The molecule has 1 fully saturated rings. The van der Waals surface area contributed by atoms with Crippen molar-refractivity contribution in [3.63, 3.8) is 0 Å². The molecule has 0 aromatic carbocycles. The summed E-state index contributed by atoms with van der Waals surface area (Å²) in [6.07, 6.45) is 8.74. The van der Waals surface area contributed by atoms with Crippen molar-refractivity contribution in [2.24, 2.45) is 0 Å². The van der Waals surface area contributed by atoms with E-state index in [1.54, 1.807) is 29.1 Å². The van der Waals surface area contributed by atoms with Crippen LogP contribution >= 0.6 is 0 Å². The van der Waals surface area contributed by atoms with Crippen molar-refractivity contribution in [3.8, 4) is 0 Å². The highest BCUT2D eigenvalue weighted by atomic mass is 16.6. The van der Waals surface area contributed by atoms with Crippen LogP contribution in [0.1, 0.15) is 88.2 Å². The summed E-state index contributed by atoms with van der Waals surface area (Å²) in [6, 6.07) is 3.34. The van der Waals surface area contributed by atoms with Crippen LogP contribution in [0.5, 0.6) is 0 Å². The zero-order valence-corrected chi connectivity index (χ0v) is 18.2. The molecular formula is C23H36NO6+. The number of hydrogen-bond donors (Lipinski definition) is 2. The number of esters is 1. The molecule has 1 aromatic rings. The maximum atomic E-state index is 12.0. The molecular weight excluding hydrogens is 386 g/mol. The molecule has 30 heavy (non-hydrogen) atoms. The monoisotopic (exact) mass is 422 g/mol. The van der Waals surface area contributed by atoms with Crippen LogP contribution in [0.25, 0.3) is 0 Å². The molecule has 0 aliphatic carbocycles. The van der Waals surface area contributed by atoms with E-state index in [0.717, 1.165) is 19.3 Å². The predicted molar refractivity (Wildman–Crippen MR) is 111 cm³/mol. The molecule has 0 radical (unpaired) electrons. The van der Waals surface area contributed by atoms with Crippen LogP contribution in [-0.4, -0.2) is 46.9 Å². The van der Waals surface area contributed by atoms with Crippen LogP contribution in [0, 0.1) is 0 Å². The molecule has 1 aliphatic heterocycles. The zero-order chi connectivity index (χ0) is 21.9. The van der Waals surface area contributed by atoms with E-state index in [1.807, 2.05) is 0 Å². The Kier molecular flexibility index (Phi) is 10.4. The molecule has 7 heteroatoms. The van der Waals surface area contributed by atoms with Gasteiger partial charge < -0.3 is 19.7 Å². The van der Waals surface area contributed by atoms with Crippen LogP contribution in [0.3, 0.4) is 0 Å². The molecule has 1 aromatic heterocycles. The molecule has 2 rings (SSSR count). The predicted octanol–water partition coefficient (Wildman–Crippen LogP) is 2.87. The number of aromatic nitrogens is 1. The molecule has 0 bridgehead atoms. The number of ether oxygens (including phenoxy) is 2. The van der Waals surface area contributed by atoms with Gasteiger partial charge in [0, 0.05) is 12.5 Å². The van der Waals surface area contributed by atoms with Gasteiger partial charge in [-0.25, -0.2) is 0 Å². The van der Waals surface area contributed by atoms with Crippen molar-refractivity contribution >= 4 is 11.8 Å². The lowest BCUT2D eigenvalue weighted by molar-refractivity contribution is -0.765. The highest BCUT2D eigenvalue weighted by Gasteiger charge is 2.48. The van der Waals surface area contributed by atoms with Gasteiger partial charge in [-0.05, 0) is 19.4 Å². The van der Waals surface area contributed by atoms with E-state index in [-0.39, 0.29) is 18.4 Å². The Morgan fingerprint density at radius 3 is 2.40 bits per heavy atom. The standard InChI is InChI=1S/C23H36NO6/c1-3-4-5-6-7-8-9-10-13-20(26)29-16-19-21(27)22(28)23(30-19)24-14-11-12-18(15-24)17(2)25/h11-12,14-15,19,21-23,27-28H,3-10,13,16H2,1-2H3/q+1/t19-,21-,22-,23-/m1/s1. The fourth-order valence-corrected chi connectivity index (χ4v) is 3.62. The van der Waals surface area contributed by atoms with Crippen LogP contribution in [0.4, 0.5) is 0 Å². The first-order chi connectivity index (χ1) is 14.4. The minimum Gasteiger partial charge on any atom is -0.463 e. The Labute approximate surface area is 179 Å². The number of carbonyl (C=O) groups is 2.